The van der Waals surface area contributed by atoms with Crippen molar-refractivity contribution in [2.75, 3.05) is 13.2 Å². The maximum Gasteiger partial charge on any atom is 0.240 e. The summed E-state index contributed by atoms with van der Waals surface area (Å²) >= 11 is 0. The van der Waals surface area contributed by atoms with Crippen molar-refractivity contribution < 1.29 is 18.7 Å². The summed E-state index contributed by atoms with van der Waals surface area (Å²) in [6, 6.07) is 5.19. The average Bonchev–Trinajstić information content (AvgIpc) is 2.94. The van der Waals surface area contributed by atoms with Crippen LogP contribution in [-0.4, -0.2) is 31.1 Å². The molecule has 2 amide bonds. The Morgan fingerprint density at radius 2 is 2.20 bits per heavy atom. The maximum atomic E-state index is 13.6. The number of nitrogens with one attached hydrogen (secondary N) is 1. The number of hydrogen-bond donors (Lipinski definition) is 2. The number of hydrogen-bond acceptors (Lipinski definition) is 3. The van der Waals surface area contributed by atoms with Gasteiger partial charge >= 0.3 is 0 Å². The molecule has 1 aromatic carbocycles. The predicted molar refractivity (Wildman–Crippen MR) is 70.2 cm³/mol. The van der Waals surface area contributed by atoms with Crippen LogP contribution in [0.25, 0.3) is 0 Å². The zero-order valence-electron chi connectivity index (χ0n) is 11.0. The van der Waals surface area contributed by atoms with Gasteiger partial charge in [-0.05, 0) is 18.1 Å². The third-order valence-corrected chi connectivity index (χ3v) is 3.34. The first-order chi connectivity index (χ1) is 9.58. The van der Waals surface area contributed by atoms with E-state index >= 15 is 0 Å². The fraction of sp³-hybridized carbons (Fsp3) is 0.429. The number of primary amides is 1. The Kier molecular flexibility index (Phi) is 4.68. The first-order valence-electron chi connectivity index (χ1n) is 6.48. The first-order valence-corrected chi connectivity index (χ1v) is 6.48. The monoisotopic (exact) mass is 280 g/mol. The van der Waals surface area contributed by atoms with Gasteiger partial charge < -0.3 is 15.8 Å². The van der Waals surface area contributed by atoms with Gasteiger partial charge in [0.15, 0.2) is 0 Å². The highest BCUT2D eigenvalue weighted by Gasteiger charge is 2.27. The van der Waals surface area contributed by atoms with Gasteiger partial charge in [0, 0.05) is 13.0 Å². The third kappa shape index (κ3) is 3.54. The predicted octanol–water partition coefficient (Wildman–Crippen LogP) is 0.375. The number of nitrogens with two attached hydrogens (primary N) is 1. The number of amides is 2. The third-order valence-electron chi connectivity index (χ3n) is 3.34. The number of carbonyl (C=O) groups is 2. The average molecular weight is 280 g/mol. The van der Waals surface area contributed by atoms with E-state index in [-0.39, 0.29) is 18.2 Å². The number of carbonyl (C=O) groups excluding carboxylic acids is 2. The van der Waals surface area contributed by atoms with Crippen LogP contribution in [0.15, 0.2) is 24.3 Å². The largest absolute Gasteiger partial charge is 0.381 e. The molecule has 1 aromatic rings. The number of rotatable bonds is 5. The summed E-state index contributed by atoms with van der Waals surface area (Å²) in [5.74, 6) is -1.64. The minimum Gasteiger partial charge on any atom is -0.381 e. The van der Waals surface area contributed by atoms with Crippen molar-refractivity contribution in [3.63, 3.8) is 0 Å². The van der Waals surface area contributed by atoms with Crippen molar-refractivity contribution >= 4 is 11.8 Å². The lowest BCUT2D eigenvalue weighted by Gasteiger charge is -2.18. The van der Waals surface area contributed by atoms with Crippen molar-refractivity contribution in [1.29, 1.82) is 0 Å². The Morgan fingerprint density at radius 3 is 2.80 bits per heavy atom. The molecule has 108 valence electrons. The Morgan fingerprint density at radius 1 is 1.45 bits per heavy atom. The summed E-state index contributed by atoms with van der Waals surface area (Å²) in [6.45, 7) is 0.879. The minimum absolute atomic E-state index is 0.0430. The summed E-state index contributed by atoms with van der Waals surface area (Å²) in [4.78, 5) is 23.4. The van der Waals surface area contributed by atoms with E-state index in [1.165, 1.54) is 6.07 Å². The molecule has 1 aliphatic heterocycles. The van der Waals surface area contributed by atoms with Crippen molar-refractivity contribution in [3.8, 4) is 0 Å². The van der Waals surface area contributed by atoms with E-state index in [1.54, 1.807) is 18.2 Å². The molecular formula is C14H17FN2O3. The van der Waals surface area contributed by atoms with Gasteiger partial charge in [-0.3, -0.25) is 9.59 Å². The highest BCUT2D eigenvalue weighted by molar-refractivity contribution is 5.87. The number of ether oxygens (including phenoxy) is 1. The van der Waals surface area contributed by atoms with Crippen LogP contribution in [0, 0.1) is 11.7 Å². The molecule has 2 rings (SSSR count). The van der Waals surface area contributed by atoms with E-state index in [0.717, 1.165) is 0 Å². The molecule has 1 aliphatic rings. The lowest BCUT2D eigenvalue weighted by Crippen LogP contribution is -2.48. The number of benzene rings is 1. The lowest BCUT2D eigenvalue weighted by molar-refractivity contribution is -0.129. The van der Waals surface area contributed by atoms with Crippen molar-refractivity contribution in [2.45, 2.75) is 18.9 Å². The van der Waals surface area contributed by atoms with Crippen LogP contribution in [0.5, 0.6) is 0 Å². The van der Waals surface area contributed by atoms with Crippen LogP contribution in [0.1, 0.15) is 12.0 Å². The van der Waals surface area contributed by atoms with Crippen LogP contribution in [-0.2, 0) is 20.7 Å². The van der Waals surface area contributed by atoms with Crippen LogP contribution in [0.4, 0.5) is 4.39 Å². The Bertz CT molecular complexity index is 501. The maximum absolute atomic E-state index is 13.6. The van der Waals surface area contributed by atoms with Crippen molar-refractivity contribution in [1.82, 2.24) is 5.32 Å². The molecule has 0 radical (unpaired) electrons. The van der Waals surface area contributed by atoms with E-state index in [2.05, 4.69) is 5.32 Å². The van der Waals surface area contributed by atoms with Gasteiger partial charge in [0.25, 0.3) is 0 Å². The standard InChI is InChI=1S/C14H17FN2O3/c15-11-4-2-1-3-9(11)7-12(13(16)18)17-14(19)10-5-6-20-8-10/h1-4,10,12H,5-8H2,(H2,16,18)(H,17,19)/t10-,12+/m0/s1. The van der Waals surface area contributed by atoms with Crippen LogP contribution < -0.4 is 11.1 Å². The van der Waals surface area contributed by atoms with Crippen LogP contribution in [0.2, 0.25) is 0 Å². The summed E-state index contributed by atoms with van der Waals surface area (Å²) < 4.78 is 18.7. The topological polar surface area (TPSA) is 81.4 Å². The van der Waals surface area contributed by atoms with E-state index < -0.39 is 17.8 Å². The van der Waals surface area contributed by atoms with Gasteiger partial charge in [-0.25, -0.2) is 4.39 Å². The van der Waals surface area contributed by atoms with Gasteiger partial charge in [-0.2, -0.15) is 0 Å². The minimum atomic E-state index is -0.917. The SMILES string of the molecule is NC(=O)[C@@H](Cc1ccccc1F)NC(=O)[C@H]1CCOC1. The van der Waals surface area contributed by atoms with Gasteiger partial charge in [-0.15, -0.1) is 0 Å². The number of halogens is 1. The fourth-order valence-corrected chi connectivity index (χ4v) is 2.14. The normalized spacial score (nSPS) is 19.6. The molecule has 20 heavy (non-hydrogen) atoms. The molecule has 1 fully saturated rings. The second kappa shape index (κ2) is 6.47. The van der Waals surface area contributed by atoms with Gasteiger partial charge in [-0.1, -0.05) is 18.2 Å². The summed E-state index contributed by atoms with van der Waals surface area (Å²) in [5, 5.41) is 2.57. The van der Waals surface area contributed by atoms with Crippen molar-refractivity contribution in [3.05, 3.63) is 35.6 Å². The molecular weight excluding hydrogens is 263 g/mol. The molecule has 1 saturated heterocycles. The van der Waals surface area contributed by atoms with Crippen LogP contribution >= 0.6 is 0 Å². The van der Waals surface area contributed by atoms with Crippen molar-refractivity contribution in [2.24, 2.45) is 11.7 Å². The van der Waals surface area contributed by atoms with E-state index in [0.29, 0.717) is 25.2 Å². The quantitative estimate of drug-likeness (QED) is 0.818. The zero-order valence-corrected chi connectivity index (χ0v) is 11.0. The molecule has 0 aliphatic carbocycles. The molecule has 0 spiro atoms. The summed E-state index contributed by atoms with van der Waals surface area (Å²) in [7, 11) is 0. The highest BCUT2D eigenvalue weighted by Crippen LogP contribution is 2.14. The summed E-state index contributed by atoms with van der Waals surface area (Å²) in [6.07, 6.45) is 0.665. The Balaban J connectivity index is 2.02. The van der Waals surface area contributed by atoms with Gasteiger partial charge in [0.1, 0.15) is 11.9 Å². The second-order valence-electron chi connectivity index (χ2n) is 4.82. The fourth-order valence-electron chi connectivity index (χ4n) is 2.14. The summed E-state index contributed by atoms with van der Waals surface area (Å²) in [5.41, 5.74) is 5.62. The second-order valence-corrected chi connectivity index (χ2v) is 4.82. The molecule has 2 atom stereocenters. The van der Waals surface area contributed by atoms with Gasteiger partial charge in [0.05, 0.1) is 12.5 Å². The Hall–Kier alpha value is -1.95. The van der Waals surface area contributed by atoms with E-state index in [1.807, 2.05) is 0 Å². The zero-order chi connectivity index (χ0) is 14.5. The molecule has 6 heteroatoms. The highest BCUT2D eigenvalue weighted by atomic mass is 19.1. The van der Waals surface area contributed by atoms with E-state index in [4.69, 9.17) is 10.5 Å². The molecule has 1 heterocycles. The molecule has 0 aromatic heterocycles. The smallest absolute Gasteiger partial charge is 0.240 e. The molecule has 3 N–H and O–H groups in total. The molecule has 0 bridgehead atoms. The lowest BCUT2D eigenvalue weighted by atomic mass is 10.0. The molecule has 0 unspecified atom stereocenters. The molecule has 0 saturated carbocycles. The Labute approximate surface area is 116 Å². The van der Waals surface area contributed by atoms with E-state index in [9.17, 15) is 14.0 Å². The molecule has 5 nitrogen and oxygen atoms in total. The first kappa shape index (κ1) is 14.5. The van der Waals surface area contributed by atoms with Crippen LogP contribution in [0.3, 0.4) is 0 Å². The van der Waals surface area contributed by atoms with Gasteiger partial charge in [0.2, 0.25) is 11.8 Å².